The third-order valence-corrected chi connectivity index (χ3v) is 1.32. The fourth-order valence-electron chi connectivity index (χ4n) is 0.565. The van der Waals surface area contributed by atoms with Gasteiger partial charge in [-0.15, -0.1) is 0 Å². The maximum Gasteiger partial charge on any atom is 0.243 e. The van der Waals surface area contributed by atoms with Crippen LogP contribution in [0.4, 0.5) is 0 Å². The predicted molar refractivity (Wildman–Crippen MR) is 38.8 cm³/mol. The minimum absolute atomic E-state index is 0.235. The lowest BCUT2D eigenvalue weighted by atomic mass is 10.2. The maximum atomic E-state index is 10.5. The van der Waals surface area contributed by atoms with Gasteiger partial charge in [0.25, 0.3) is 0 Å². The van der Waals surface area contributed by atoms with Crippen LogP contribution in [0.5, 0.6) is 0 Å². The average Bonchev–Trinajstić information content (AvgIpc) is 1.81. The number of rotatable bonds is 3. The summed E-state index contributed by atoms with van der Waals surface area (Å²) in [6.07, 6.45) is 0.530. The van der Waals surface area contributed by atoms with Crippen LogP contribution in [0.2, 0.25) is 0 Å². The van der Waals surface area contributed by atoms with Gasteiger partial charge in [-0.3, -0.25) is 9.59 Å². The molecule has 1 atom stereocenters. The van der Waals surface area contributed by atoms with Gasteiger partial charge in [-0.05, 0) is 18.0 Å². The molecule has 1 amide bonds. The lowest BCUT2D eigenvalue weighted by molar-refractivity contribution is -0.123. The number of halogens is 1. The van der Waals surface area contributed by atoms with Crippen LogP contribution in [0.3, 0.4) is 0 Å². The molecule has 4 heteroatoms. The quantitative estimate of drug-likeness (QED) is 0.622. The van der Waals surface area contributed by atoms with Gasteiger partial charge in [-0.25, -0.2) is 0 Å². The van der Waals surface area contributed by atoms with E-state index in [1.165, 1.54) is 6.92 Å². The molecule has 0 saturated carbocycles. The molecular weight excluding hydrogens is 154 g/mol. The van der Waals surface area contributed by atoms with Crippen LogP contribution in [0.15, 0.2) is 0 Å². The van der Waals surface area contributed by atoms with Gasteiger partial charge in [-0.1, -0.05) is 6.92 Å². The summed E-state index contributed by atoms with van der Waals surface area (Å²) in [5, 5.41) is 1.89. The normalized spacial score (nSPS) is 12.3. The summed E-state index contributed by atoms with van der Waals surface area (Å²) in [6.45, 7) is 3.13. The van der Waals surface area contributed by atoms with Crippen molar-refractivity contribution in [3.8, 4) is 0 Å². The molecule has 0 rings (SSSR count). The first-order valence-electron chi connectivity index (χ1n) is 3.04. The highest BCUT2D eigenvalue weighted by atomic mass is 35.5. The average molecular weight is 164 g/mol. The Bertz CT molecular complexity index is 147. The third kappa shape index (κ3) is 3.45. The largest absolute Gasteiger partial charge is 0.345 e. The van der Waals surface area contributed by atoms with Crippen LogP contribution in [0, 0.1) is 0 Å². The molecule has 0 spiro atoms. The Kier molecular flexibility index (Phi) is 4.03. The van der Waals surface area contributed by atoms with Crippen molar-refractivity contribution >= 4 is 22.8 Å². The Morgan fingerprint density at radius 3 is 2.20 bits per heavy atom. The predicted octanol–water partition coefficient (Wildman–Crippen LogP) is 0.666. The van der Waals surface area contributed by atoms with Crippen molar-refractivity contribution < 1.29 is 9.59 Å². The number of carbonyl (C=O) groups is 2. The van der Waals surface area contributed by atoms with Crippen molar-refractivity contribution in [2.75, 3.05) is 0 Å². The molecule has 10 heavy (non-hydrogen) atoms. The van der Waals surface area contributed by atoms with Crippen LogP contribution in [0.25, 0.3) is 0 Å². The van der Waals surface area contributed by atoms with Crippen LogP contribution in [-0.2, 0) is 9.59 Å². The molecule has 0 bridgehead atoms. The molecule has 0 fully saturated rings. The standard InChI is InChI=1S/C6H10ClNO2/c1-3-5(6(7)10)8-4(2)9/h5H,3H2,1-2H3,(H,8,9). The highest BCUT2D eigenvalue weighted by molar-refractivity contribution is 6.64. The SMILES string of the molecule is CCC(NC(C)=O)C(=O)Cl. The Balaban J connectivity index is 3.83. The van der Waals surface area contributed by atoms with Crippen LogP contribution < -0.4 is 5.32 Å². The van der Waals surface area contributed by atoms with E-state index >= 15 is 0 Å². The van der Waals surface area contributed by atoms with E-state index in [4.69, 9.17) is 11.6 Å². The monoisotopic (exact) mass is 163 g/mol. The van der Waals surface area contributed by atoms with E-state index in [0.717, 1.165) is 0 Å². The summed E-state index contributed by atoms with van der Waals surface area (Å²) in [5.41, 5.74) is 0. The maximum absolute atomic E-state index is 10.5. The van der Waals surface area contributed by atoms with E-state index in [0.29, 0.717) is 6.42 Å². The number of amides is 1. The molecule has 0 aromatic carbocycles. The molecule has 3 nitrogen and oxygen atoms in total. The highest BCUT2D eigenvalue weighted by Crippen LogP contribution is 1.95. The van der Waals surface area contributed by atoms with Crippen molar-refractivity contribution in [2.45, 2.75) is 26.3 Å². The van der Waals surface area contributed by atoms with Crippen molar-refractivity contribution in [1.29, 1.82) is 0 Å². The number of nitrogens with one attached hydrogen (secondary N) is 1. The minimum atomic E-state index is -0.529. The van der Waals surface area contributed by atoms with Crippen LogP contribution >= 0.6 is 11.6 Å². The zero-order valence-corrected chi connectivity index (χ0v) is 6.73. The molecule has 0 aromatic heterocycles. The molecule has 0 radical (unpaired) electrons. The Labute approximate surface area is 64.7 Å². The lowest BCUT2D eigenvalue weighted by Gasteiger charge is -2.09. The fourth-order valence-corrected chi connectivity index (χ4v) is 0.774. The van der Waals surface area contributed by atoms with E-state index < -0.39 is 11.3 Å². The van der Waals surface area contributed by atoms with Gasteiger partial charge in [-0.2, -0.15) is 0 Å². The van der Waals surface area contributed by atoms with E-state index in [1.807, 2.05) is 0 Å². The van der Waals surface area contributed by atoms with Crippen molar-refractivity contribution in [3.05, 3.63) is 0 Å². The first-order chi connectivity index (χ1) is 4.57. The number of hydrogen-bond donors (Lipinski definition) is 1. The van der Waals surface area contributed by atoms with Gasteiger partial charge in [0.05, 0.1) is 0 Å². The second-order valence-corrected chi connectivity index (χ2v) is 2.34. The zero-order valence-electron chi connectivity index (χ0n) is 5.98. The summed E-state index contributed by atoms with van der Waals surface area (Å²) in [4.78, 5) is 20.9. The zero-order chi connectivity index (χ0) is 8.15. The van der Waals surface area contributed by atoms with Gasteiger partial charge in [0.2, 0.25) is 11.1 Å². The minimum Gasteiger partial charge on any atom is -0.345 e. The summed E-state index contributed by atoms with van der Waals surface area (Å²) < 4.78 is 0. The number of carbonyl (C=O) groups excluding carboxylic acids is 2. The van der Waals surface area contributed by atoms with Gasteiger partial charge < -0.3 is 5.32 Å². The lowest BCUT2D eigenvalue weighted by Crippen LogP contribution is -2.36. The molecule has 0 aliphatic rings. The summed E-state index contributed by atoms with van der Waals surface area (Å²) in [6, 6.07) is -0.529. The first-order valence-corrected chi connectivity index (χ1v) is 3.42. The fraction of sp³-hybridized carbons (Fsp3) is 0.667. The molecule has 1 unspecified atom stereocenters. The van der Waals surface area contributed by atoms with E-state index in [1.54, 1.807) is 6.92 Å². The Morgan fingerprint density at radius 1 is 1.60 bits per heavy atom. The summed E-state index contributed by atoms with van der Waals surface area (Å²) in [7, 11) is 0. The molecule has 1 N–H and O–H groups in total. The van der Waals surface area contributed by atoms with E-state index in [2.05, 4.69) is 5.32 Å². The Morgan fingerprint density at radius 2 is 2.10 bits per heavy atom. The molecule has 0 aliphatic carbocycles. The van der Waals surface area contributed by atoms with Gasteiger partial charge >= 0.3 is 0 Å². The second-order valence-electron chi connectivity index (χ2n) is 1.97. The van der Waals surface area contributed by atoms with Crippen molar-refractivity contribution in [3.63, 3.8) is 0 Å². The molecule has 58 valence electrons. The van der Waals surface area contributed by atoms with E-state index in [9.17, 15) is 9.59 Å². The summed E-state index contributed by atoms with van der Waals surface area (Å²) >= 11 is 5.13. The van der Waals surface area contributed by atoms with Crippen LogP contribution in [0.1, 0.15) is 20.3 Å². The van der Waals surface area contributed by atoms with E-state index in [-0.39, 0.29) is 5.91 Å². The third-order valence-electron chi connectivity index (χ3n) is 1.06. The molecule has 0 aromatic rings. The van der Waals surface area contributed by atoms with Crippen LogP contribution in [-0.4, -0.2) is 17.2 Å². The molecular formula is C6H10ClNO2. The summed E-state index contributed by atoms with van der Waals surface area (Å²) in [5.74, 6) is -0.235. The van der Waals surface area contributed by atoms with Gasteiger partial charge in [0.1, 0.15) is 6.04 Å². The van der Waals surface area contributed by atoms with Gasteiger partial charge in [0.15, 0.2) is 0 Å². The van der Waals surface area contributed by atoms with Gasteiger partial charge in [0, 0.05) is 6.92 Å². The second kappa shape index (κ2) is 4.28. The Hall–Kier alpha value is -0.570. The molecule has 0 heterocycles. The molecule has 0 aliphatic heterocycles. The number of hydrogen-bond acceptors (Lipinski definition) is 2. The highest BCUT2D eigenvalue weighted by Gasteiger charge is 2.13. The van der Waals surface area contributed by atoms with Crippen molar-refractivity contribution in [2.24, 2.45) is 0 Å². The smallest absolute Gasteiger partial charge is 0.243 e. The topological polar surface area (TPSA) is 46.2 Å². The first kappa shape index (κ1) is 9.43. The van der Waals surface area contributed by atoms with Crippen molar-refractivity contribution in [1.82, 2.24) is 5.32 Å². The molecule has 0 saturated heterocycles.